The maximum Gasteiger partial charge on any atom is 0.0958 e. The van der Waals surface area contributed by atoms with Crippen LogP contribution in [0.1, 0.15) is 37.8 Å². The van der Waals surface area contributed by atoms with Gasteiger partial charge in [0.15, 0.2) is 0 Å². The Morgan fingerprint density at radius 3 is 2.41 bits per heavy atom. The van der Waals surface area contributed by atoms with Crippen molar-refractivity contribution in [2.24, 2.45) is 5.92 Å². The molecule has 0 spiro atoms. The third-order valence-corrected chi connectivity index (χ3v) is 3.85. The molecule has 0 aliphatic carbocycles. The summed E-state index contributed by atoms with van der Waals surface area (Å²) in [4.78, 5) is 4.51. The van der Waals surface area contributed by atoms with E-state index < -0.39 is 0 Å². The van der Waals surface area contributed by atoms with Crippen LogP contribution in [0.4, 0.5) is 0 Å². The van der Waals surface area contributed by atoms with Gasteiger partial charge in [0.1, 0.15) is 0 Å². The molecule has 92 valence electrons. The normalized spacial score (nSPS) is 11.6. The van der Waals surface area contributed by atoms with Crippen molar-refractivity contribution in [2.75, 3.05) is 0 Å². The van der Waals surface area contributed by atoms with Gasteiger partial charge in [-0.2, -0.15) is 0 Å². The quantitative estimate of drug-likeness (QED) is 0.773. The van der Waals surface area contributed by atoms with Crippen LogP contribution < -0.4 is 0 Å². The third-order valence-electron chi connectivity index (χ3n) is 3.85. The van der Waals surface area contributed by atoms with Crippen molar-refractivity contribution in [3.8, 4) is 0 Å². The van der Waals surface area contributed by atoms with Crippen molar-refractivity contribution in [3.05, 3.63) is 29.6 Å². The molecule has 0 amide bonds. The van der Waals surface area contributed by atoms with E-state index in [0.717, 1.165) is 18.0 Å². The molecule has 0 unspecified atom stereocenters. The van der Waals surface area contributed by atoms with Gasteiger partial charge in [-0.25, -0.2) is 4.98 Å². The third kappa shape index (κ3) is 2.36. The Kier molecular flexibility index (Phi) is 3.51. The minimum absolute atomic E-state index is 0.758. The second-order valence-electron chi connectivity index (χ2n) is 5.00. The molecule has 2 aromatic rings. The van der Waals surface area contributed by atoms with E-state index in [4.69, 9.17) is 0 Å². The van der Waals surface area contributed by atoms with E-state index in [0.29, 0.717) is 0 Å². The van der Waals surface area contributed by atoms with E-state index in [1.807, 2.05) is 6.33 Å². The lowest BCUT2D eigenvalue weighted by Gasteiger charge is -2.13. The number of aromatic nitrogens is 2. The van der Waals surface area contributed by atoms with Crippen molar-refractivity contribution >= 4 is 11.0 Å². The Balaban J connectivity index is 2.38. The van der Waals surface area contributed by atoms with Gasteiger partial charge in [-0.05, 0) is 43.0 Å². The topological polar surface area (TPSA) is 17.8 Å². The lowest BCUT2D eigenvalue weighted by molar-refractivity contribution is 0.424. The molecular formula is C15H22N2. The minimum atomic E-state index is 0.758. The fraction of sp³-hybridized carbons (Fsp3) is 0.533. The van der Waals surface area contributed by atoms with Gasteiger partial charge in [0.2, 0.25) is 0 Å². The van der Waals surface area contributed by atoms with E-state index >= 15 is 0 Å². The molecule has 1 heterocycles. The summed E-state index contributed by atoms with van der Waals surface area (Å²) in [5.41, 5.74) is 5.08. The van der Waals surface area contributed by atoms with Gasteiger partial charge in [0, 0.05) is 6.54 Å². The minimum Gasteiger partial charge on any atom is -0.330 e. The number of benzene rings is 1. The lowest BCUT2D eigenvalue weighted by Crippen LogP contribution is -2.08. The molecule has 17 heavy (non-hydrogen) atoms. The molecule has 1 aromatic heterocycles. The van der Waals surface area contributed by atoms with Crippen LogP contribution in [0, 0.1) is 19.8 Å². The van der Waals surface area contributed by atoms with Crippen molar-refractivity contribution < 1.29 is 0 Å². The SMILES string of the molecule is CCC(CC)Cn1cnc2cc(C)c(C)cc21. The van der Waals surface area contributed by atoms with Crippen LogP contribution in [0.15, 0.2) is 18.5 Å². The Hall–Kier alpha value is -1.31. The van der Waals surface area contributed by atoms with Crippen LogP contribution in [0.5, 0.6) is 0 Å². The first kappa shape index (κ1) is 12.2. The fourth-order valence-corrected chi connectivity index (χ4v) is 2.28. The summed E-state index contributed by atoms with van der Waals surface area (Å²) in [5, 5.41) is 0. The molecule has 0 radical (unpaired) electrons. The van der Waals surface area contributed by atoms with E-state index in [-0.39, 0.29) is 0 Å². The summed E-state index contributed by atoms with van der Waals surface area (Å²) < 4.78 is 2.31. The van der Waals surface area contributed by atoms with Crippen LogP contribution in [0.2, 0.25) is 0 Å². The molecule has 2 rings (SSSR count). The van der Waals surface area contributed by atoms with Gasteiger partial charge >= 0.3 is 0 Å². The van der Waals surface area contributed by atoms with Gasteiger partial charge in [-0.1, -0.05) is 26.7 Å². The molecule has 1 aromatic carbocycles. The number of imidazole rings is 1. The standard InChI is InChI=1S/C15H22N2/c1-5-13(6-2)9-17-10-16-14-7-11(3)12(4)8-15(14)17/h7-8,10,13H,5-6,9H2,1-4H3. The molecule has 0 N–H and O–H groups in total. The van der Waals surface area contributed by atoms with Gasteiger partial charge in [0.25, 0.3) is 0 Å². The summed E-state index contributed by atoms with van der Waals surface area (Å²) in [7, 11) is 0. The van der Waals surface area contributed by atoms with Crippen LogP contribution in [0.3, 0.4) is 0 Å². The maximum absolute atomic E-state index is 4.51. The molecule has 2 heteroatoms. The Bertz CT molecular complexity index is 507. The molecule has 0 saturated carbocycles. The smallest absolute Gasteiger partial charge is 0.0958 e. The van der Waals surface area contributed by atoms with Crippen molar-refractivity contribution in [1.29, 1.82) is 0 Å². The van der Waals surface area contributed by atoms with Gasteiger partial charge in [0.05, 0.1) is 17.4 Å². The van der Waals surface area contributed by atoms with E-state index in [1.165, 1.54) is 29.5 Å². The molecule has 2 nitrogen and oxygen atoms in total. The Labute approximate surface area is 104 Å². The predicted molar refractivity (Wildman–Crippen MR) is 73.3 cm³/mol. The number of hydrogen-bond acceptors (Lipinski definition) is 1. The zero-order valence-corrected chi connectivity index (χ0v) is 11.3. The number of aryl methyl sites for hydroxylation is 2. The molecule has 0 fully saturated rings. The van der Waals surface area contributed by atoms with Crippen molar-refractivity contribution in [2.45, 2.75) is 47.1 Å². The number of nitrogens with zero attached hydrogens (tertiary/aromatic N) is 2. The molecule has 0 saturated heterocycles. The highest BCUT2D eigenvalue weighted by atomic mass is 15.0. The van der Waals surface area contributed by atoms with E-state index in [9.17, 15) is 0 Å². The largest absolute Gasteiger partial charge is 0.330 e. The number of fused-ring (bicyclic) bond motifs is 1. The summed E-state index contributed by atoms with van der Waals surface area (Å²) in [6.07, 6.45) is 4.46. The average molecular weight is 230 g/mol. The zero-order valence-electron chi connectivity index (χ0n) is 11.3. The molecule has 0 bridgehead atoms. The van der Waals surface area contributed by atoms with Crippen LogP contribution in [-0.2, 0) is 6.54 Å². The highest BCUT2D eigenvalue weighted by Crippen LogP contribution is 2.20. The first-order valence-corrected chi connectivity index (χ1v) is 6.57. The predicted octanol–water partition coefficient (Wildman–Crippen LogP) is 4.09. The summed E-state index contributed by atoms with van der Waals surface area (Å²) in [5.74, 6) is 0.758. The monoisotopic (exact) mass is 230 g/mol. The molecule has 0 atom stereocenters. The first-order chi connectivity index (χ1) is 8.15. The summed E-state index contributed by atoms with van der Waals surface area (Å²) in [6.45, 7) is 9.94. The van der Waals surface area contributed by atoms with Crippen LogP contribution >= 0.6 is 0 Å². The lowest BCUT2D eigenvalue weighted by atomic mass is 10.0. The van der Waals surface area contributed by atoms with Crippen molar-refractivity contribution in [3.63, 3.8) is 0 Å². The molecule has 0 aliphatic rings. The number of hydrogen-bond donors (Lipinski definition) is 0. The highest BCUT2D eigenvalue weighted by Gasteiger charge is 2.09. The van der Waals surface area contributed by atoms with E-state index in [1.54, 1.807) is 0 Å². The van der Waals surface area contributed by atoms with Crippen LogP contribution in [0.25, 0.3) is 11.0 Å². The zero-order chi connectivity index (χ0) is 12.4. The second-order valence-corrected chi connectivity index (χ2v) is 5.00. The first-order valence-electron chi connectivity index (χ1n) is 6.57. The summed E-state index contributed by atoms with van der Waals surface area (Å²) >= 11 is 0. The average Bonchev–Trinajstić information content (AvgIpc) is 2.69. The van der Waals surface area contributed by atoms with Gasteiger partial charge in [-0.15, -0.1) is 0 Å². The second kappa shape index (κ2) is 4.91. The number of rotatable bonds is 4. The van der Waals surface area contributed by atoms with Crippen LogP contribution in [-0.4, -0.2) is 9.55 Å². The summed E-state index contributed by atoms with van der Waals surface area (Å²) in [6, 6.07) is 4.45. The highest BCUT2D eigenvalue weighted by molar-refractivity contribution is 5.77. The molecular weight excluding hydrogens is 208 g/mol. The Morgan fingerprint density at radius 1 is 1.12 bits per heavy atom. The fourth-order valence-electron chi connectivity index (χ4n) is 2.28. The molecule has 0 aliphatic heterocycles. The maximum atomic E-state index is 4.51. The van der Waals surface area contributed by atoms with Gasteiger partial charge in [-0.3, -0.25) is 0 Å². The Morgan fingerprint density at radius 2 is 1.76 bits per heavy atom. The van der Waals surface area contributed by atoms with E-state index in [2.05, 4.69) is 49.4 Å². The van der Waals surface area contributed by atoms with Gasteiger partial charge < -0.3 is 4.57 Å². The van der Waals surface area contributed by atoms with Crippen molar-refractivity contribution in [1.82, 2.24) is 9.55 Å².